The van der Waals surface area contributed by atoms with Gasteiger partial charge in [-0.25, -0.2) is 12.7 Å². The van der Waals surface area contributed by atoms with Gasteiger partial charge in [0.25, 0.3) is 0 Å². The highest BCUT2D eigenvalue weighted by molar-refractivity contribution is 7.88. The van der Waals surface area contributed by atoms with Gasteiger partial charge in [-0.1, -0.05) is 12.1 Å². The lowest BCUT2D eigenvalue weighted by molar-refractivity contribution is -0.120. The topological polar surface area (TPSA) is 85.8 Å². The SMILES string of the molecule is CS(=O)(=O)N1CCCC(C(=O)Nc2ccccc2N2CCN(CCc3ccncc3)CC2)C1. The molecule has 33 heavy (non-hydrogen) atoms. The summed E-state index contributed by atoms with van der Waals surface area (Å²) in [4.78, 5) is 21.9. The zero-order valence-electron chi connectivity index (χ0n) is 19.2. The second-order valence-corrected chi connectivity index (χ2v) is 10.9. The van der Waals surface area contributed by atoms with E-state index in [1.54, 1.807) is 0 Å². The first-order valence-electron chi connectivity index (χ1n) is 11.6. The van der Waals surface area contributed by atoms with Crippen LogP contribution in [0.4, 0.5) is 11.4 Å². The molecule has 1 aromatic carbocycles. The maximum absolute atomic E-state index is 13.0. The van der Waals surface area contributed by atoms with E-state index in [4.69, 9.17) is 0 Å². The average Bonchev–Trinajstić information content (AvgIpc) is 2.84. The van der Waals surface area contributed by atoms with E-state index >= 15 is 0 Å². The molecule has 178 valence electrons. The molecule has 9 heteroatoms. The fourth-order valence-corrected chi connectivity index (χ4v) is 5.51. The number of nitrogens with one attached hydrogen (secondary N) is 1. The van der Waals surface area contributed by atoms with Crippen molar-refractivity contribution in [1.82, 2.24) is 14.2 Å². The number of anilines is 2. The normalized spacial score (nSPS) is 20.5. The lowest BCUT2D eigenvalue weighted by atomic mass is 9.98. The number of hydrogen-bond acceptors (Lipinski definition) is 6. The smallest absolute Gasteiger partial charge is 0.228 e. The van der Waals surface area contributed by atoms with Crippen LogP contribution in [0.3, 0.4) is 0 Å². The van der Waals surface area contributed by atoms with E-state index in [0.29, 0.717) is 19.4 Å². The molecule has 1 amide bonds. The second kappa shape index (κ2) is 10.6. The molecular weight excluding hydrogens is 438 g/mol. The minimum atomic E-state index is -3.28. The van der Waals surface area contributed by atoms with Gasteiger partial charge in [0.15, 0.2) is 0 Å². The van der Waals surface area contributed by atoms with Crippen LogP contribution >= 0.6 is 0 Å². The van der Waals surface area contributed by atoms with Crippen LogP contribution in [0.15, 0.2) is 48.8 Å². The monoisotopic (exact) mass is 471 g/mol. The van der Waals surface area contributed by atoms with E-state index in [1.165, 1.54) is 16.1 Å². The van der Waals surface area contributed by atoms with Crippen LogP contribution in [0.25, 0.3) is 0 Å². The minimum absolute atomic E-state index is 0.105. The molecule has 1 aromatic heterocycles. The number of piperazine rings is 1. The van der Waals surface area contributed by atoms with Gasteiger partial charge < -0.3 is 10.2 Å². The van der Waals surface area contributed by atoms with Crippen molar-refractivity contribution in [1.29, 1.82) is 0 Å². The van der Waals surface area contributed by atoms with Crippen LogP contribution in [0, 0.1) is 5.92 Å². The molecule has 2 aromatic rings. The standard InChI is InChI=1S/C24H33N5O3S/c1-33(31,32)29-13-4-5-21(19-29)24(30)26-22-6-2-3-7-23(22)28-17-15-27(16-18-28)14-10-20-8-11-25-12-9-20/h2-3,6-9,11-12,21H,4-5,10,13-19H2,1H3,(H,26,30). The van der Waals surface area contributed by atoms with Crippen molar-refractivity contribution in [2.24, 2.45) is 5.92 Å². The number of benzene rings is 1. The predicted octanol–water partition coefficient (Wildman–Crippen LogP) is 2.06. The molecule has 0 bridgehead atoms. The van der Waals surface area contributed by atoms with Crippen molar-refractivity contribution in [2.75, 3.05) is 62.3 Å². The van der Waals surface area contributed by atoms with Gasteiger partial charge in [-0.15, -0.1) is 0 Å². The summed E-state index contributed by atoms with van der Waals surface area (Å²) < 4.78 is 25.2. The van der Waals surface area contributed by atoms with E-state index in [1.807, 2.05) is 36.7 Å². The van der Waals surface area contributed by atoms with E-state index < -0.39 is 10.0 Å². The van der Waals surface area contributed by atoms with Gasteiger partial charge in [-0.05, 0) is 49.1 Å². The van der Waals surface area contributed by atoms with E-state index in [9.17, 15) is 13.2 Å². The Bertz CT molecular complexity index is 1040. The Labute approximate surface area is 196 Å². The molecule has 3 heterocycles. The zero-order chi connectivity index (χ0) is 23.3. The summed E-state index contributed by atoms with van der Waals surface area (Å²) in [5.41, 5.74) is 3.12. The molecule has 0 aliphatic carbocycles. The molecule has 4 rings (SSSR count). The number of nitrogens with zero attached hydrogens (tertiary/aromatic N) is 4. The fraction of sp³-hybridized carbons (Fsp3) is 0.500. The third-order valence-corrected chi connectivity index (χ3v) is 7.83. The lowest BCUT2D eigenvalue weighted by Gasteiger charge is -2.37. The quantitative estimate of drug-likeness (QED) is 0.665. The zero-order valence-corrected chi connectivity index (χ0v) is 20.0. The van der Waals surface area contributed by atoms with Crippen molar-refractivity contribution >= 4 is 27.3 Å². The number of hydrogen-bond donors (Lipinski definition) is 1. The van der Waals surface area contributed by atoms with Crippen LogP contribution in [-0.4, -0.2) is 80.6 Å². The Morgan fingerprint density at radius 3 is 2.52 bits per heavy atom. The number of para-hydroxylation sites is 2. The fourth-order valence-electron chi connectivity index (χ4n) is 4.60. The summed E-state index contributed by atoms with van der Waals surface area (Å²) in [6.07, 6.45) is 7.31. The van der Waals surface area contributed by atoms with Crippen molar-refractivity contribution in [3.05, 3.63) is 54.4 Å². The Morgan fingerprint density at radius 2 is 1.79 bits per heavy atom. The van der Waals surface area contributed by atoms with Gasteiger partial charge >= 0.3 is 0 Å². The van der Waals surface area contributed by atoms with Crippen molar-refractivity contribution in [3.63, 3.8) is 0 Å². The van der Waals surface area contributed by atoms with Crippen LogP contribution < -0.4 is 10.2 Å². The van der Waals surface area contributed by atoms with Gasteiger partial charge in [-0.3, -0.25) is 14.7 Å². The largest absolute Gasteiger partial charge is 0.367 e. The predicted molar refractivity (Wildman–Crippen MR) is 131 cm³/mol. The highest BCUT2D eigenvalue weighted by Crippen LogP contribution is 2.28. The Morgan fingerprint density at radius 1 is 1.06 bits per heavy atom. The lowest BCUT2D eigenvalue weighted by Crippen LogP contribution is -2.47. The summed E-state index contributed by atoms with van der Waals surface area (Å²) in [5, 5.41) is 3.09. The number of amides is 1. The first-order valence-corrected chi connectivity index (χ1v) is 13.5. The van der Waals surface area contributed by atoms with Crippen LogP contribution in [0.1, 0.15) is 18.4 Å². The maximum atomic E-state index is 13.0. The van der Waals surface area contributed by atoms with Gasteiger partial charge in [0.2, 0.25) is 15.9 Å². The summed E-state index contributed by atoms with van der Waals surface area (Å²) in [6, 6.07) is 12.0. The first kappa shape index (κ1) is 23.7. The van der Waals surface area contributed by atoms with Gasteiger partial charge in [0, 0.05) is 58.2 Å². The number of aromatic nitrogens is 1. The van der Waals surface area contributed by atoms with Gasteiger partial charge in [0.05, 0.1) is 23.5 Å². The third kappa shape index (κ3) is 6.31. The third-order valence-electron chi connectivity index (χ3n) is 6.56. The Kier molecular flexibility index (Phi) is 7.62. The number of sulfonamides is 1. The van der Waals surface area contributed by atoms with E-state index in [-0.39, 0.29) is 18.4 Å². The van der Waals surface area contributed by atoms with E-state index in [0.717, 1.165) is 50.5 Å². The molecule has 2 aliphatic rings. The van der Waals surface area contributed by atoms with Crippen molar-refractivity contribution < 1.29 is 13.2 Å². The molecule has 0 saturated carbocycles. The van der Waals surface area contributed by atoms with Crippen LogP contribution in [0.5, 0.6) is 0 Å². The summed E-state index contributed by atoms with van der Waals surface area (Å²) in [6.45, 7) is 5.50. The highest BCUT2D eigenvalue weighted by atomic mass is 32.2. The highest BCUT2D eigenvalue weighted by Gasteiger charge is 2.30. The second-order valence-electron chi connectivity index (χ2n) is 8.90. The van der Waals surface area contributed by atoms with Crippen LogP contribution in [-0.2, 0) is 21.2 Å². The number of carbonyl (C=O) groups is 1. The molecule has 1 N–H and O–H groups in total. The molecule has 2 aliphatic heterocycles. The molecule has 2 fully saturated rings. The summed E-state index contributed by atoms with van der Waals surface area (Å²) >= 11 is 0. The number of piperidine rings is 1. The van der Waals surface area contributed by atoms with Gasteiger partial charge in [0.1, 0.15) is 0 Å². The number of carbonyl (C=O) groups excluding carboxylic acids is 1. The summed E-state index contributed by atoms with van der Waals surface area (Å²) in [7, 11) is -3.28. The first-order chi connectivity index (χ1) is 15.9. The maximum Gasteiger partial charge on any atom is 0.228 e. The van der Waals surface area contributed by atoms with E-state index in [2.05, 4.69) is 32.2 Å². The molecule has 0 radical (unpaired) electrons. The summed E-state index contributed by atoms with van der Waals surface area (Å²) in [5.74, 6) is -0.432. The molecule has 2 saturated heterocycles. The van der Waals surface area contributed by atoms with Gasteiger partial charge in [-0.2, -0.15) is 0 Å². The van der Waals surface area contributed by atoms with Crippen molar-refractivity contribution in [3.8, 4) is 0 Å². The Hall–Kier alpha value is -2.49. The molecular formula is C24H33N5O3S. The minimum Gasteiger partial charge on any atom is -0.367 e. The number of rotatable bonds is 7. The molecule has 8 nitrogen and oxygen atoms in total. The molecule has 1 atom stereocenters. The molecule has 1 unspecified atom stereocenters. The van der Waals surface area contributed by atoms with Crippen LogP contribution in [0.2, 0.25) is 0 Å². The molecule has 0 spiro atoms. The number of pyridine rings is 1. The Balaban J connectivity index is 1.33. The average molecular weight is 472 g/mol. The van der Waals surface area contributed by atoms with Crippen molar-refractivity contribution in [2.45, 2.75) is 19.3 Å².